The first-order chi connectivity index (χ1) is 27.0. The third-order valence-electron chi connectivity index (χ3n) is 10.7. The van der Waals surface area contributed by atoms with Gasteiger partial charge in [0.05, 0.1) is 22.3 Å². The van der Waals surface area contributed by atoms with E-state index in [4.69, 9.17) is 9.97 Å². The SMILES string of the molecule is C=CC(C)[C@@H](C)[C@H](C)n1c(-c2cccnc2N=C)nc2ccc(-c3cccc(CCC(=O)N=Nc4cccc5c(O)n(C6CCC(=O)NC6=O)c(O)c45)c3)nc21. The number of imidazole rings is 1. The summed E-state index contributed by atoms with van der Waals surface area (Å²) in [6.45, 7) is 14.2. The van der Waals surface area contributed by atoms with Crippen LogP contribution in [0.5, 0.6) is 11.8 Å². The molecular weight excluding hydrogens is 711 g/mol. The van der Waals surface area contributed by atoms with Crippen LogP contribution in [0.15, 0.2) is 101 Å². The Hall–Kier alpha value is -6.83. The fourth-order valence-electron chi connectivity index (χ4n) is 7.21. The molecule has 4 aromatic heterocycles. The number of aromatic nitrogens is 5. The number of hydrogen-bond acceptors (Lipinski definition) is 10. The highest BCUT2D eigenvalue weighted by Gasteiger charge is 2.33. The lowest BCUT2D eigenvalue weighted by Gasteiger charge is -2.27. The highest BCUT2D eigenvalue weighted by molar-refractivity contribution is 6.04. The molecule has 3 N–H and O–H groups in total. The van der Waals surface area contributed by atoms with Gasteiger partial charge in [0.15, 0.2) is 11.5 Å². The maximum Gasteiger partial charge on any atom is 0.265 e. The number of carbonyl (C=O) groups is 3. The van der Waals surface area contributed by atoms with Gasteiger partial charge in [-0.1, -0.05) is 44.2 Å². The van der Waals surface area contributed by atoms with E-state index >= 15 is 0 Å². The monoisotopic (exact) mass is 751 g/mol. The standard InChI is InChI=1S/C42H41N9O5/c1-6-23(2)24(3)25(4)50-38(29-13-9-21-44-37(29)43-5)46-32-17-16-30(45-39(32)50)27-11-7-10-26(22-27)15-19-35(53)49-48-31-14-8-12-28-36(31)42(56)51(41(28)55)33-18-20-34(52)47-40(33)54/h6-14,16-17,21-25,33,55-56H,1,5,15,18-20H2,2-4H3,(H,47,52,54)/t23?,24-,25+,33?/m1/s1. The van der Waals surface area contributed by atoms with Crippen LogP contribution >= 0.6 is 0 Å². The van der Waals surface area contributed by atoms with E-state index < -0.39 is 29.6 Å². The first-order valence-corrected chi connectivity index (χ1v) is 18.4. The normalized spacial score (nSPS) is 16.2. The zero-order valence-corrected chi connectivity index (χ0v) is 31.3. The summed E-state index contributed by atoms with van der Waals surface area (Å²) >= 11 is 0. The number of aromatic hydroxyl groups is 2. The third-order valence-corrected chi connectivity index (χ3v) is 10.7. The van der Waals surface area contributed by atoms with Gasteiger partial charge >= 0.3 is 0 Å². The number of benzene rings is 2. The molecule has 56 heavy (non-hydrogen) atoms. The van der Waals surface area contributed by atoms with Crippen molar-refractivity contribution in [2.45, 2.75) is 58.5 Å². The Balaban J connectivity index is 1.13. The Morgan fingerprint density at radius 2 is 1.84 bits per heavy atom. The van der Waals surface area contributed by atoms with E-state index in [1.165, 1.54) is 0 Å². The lowest BCUT2D eigenvalue weighted by atomic mass is 9.89. The molecule has 0 saturated carbocycles. The zero-order valence-electron chi connectivity index (χ0n) is 31.3. The maximum atomic E-state index is 13.0. The molecule has 0 spiro atoms. The minimum atomic E-state index is -0.993. The number of azo groups is 1. The third kappa shape index (κ3) is 6.96. The molecule has 6 aromatic rings. The second-order valence-corrected chi connectivity index (χ2v) is 14.0. The fraction of sp³-hybridized carbons (Fsp3) is 0.262. The highest BCUT2D eigenvalue weighted by Crippen LogP contribution is 2.45. The van der Waals surface area contributed by atoms with E-state index in [-0.39, 0.29) is 59.5 Å². The van der Waals surface area contributed by atoms with Crippen LogP contribution in [0.25, 0.3) is 44.6 Å². The van der Waals surface area contributed by atoms with Crippen molar-refractivity contribution in [3.8, 4) is 34.4 Å². The smallest absolute Gasteiger partial charge is 0.265 e. The molecule has 0 bridgehead atoms. The predicted molar refractivity (Wildman–Crippen MR) is 213 cm³/mol. The highest BCUT2D eigenvalue weighted by atomic mass is 16.3. The molecule has 5 heterocycles. The van der Waals surface area contributed by atoms with Gasteiger partial charge in [0, 0.05) is 36.0 Å². The van der Waals surface area contributed by atoms with Gasteiger partial charge < -0.3 is 14.8 Å². The largest absolute Gasteiger partial charge is 0.494 e. The van der Waals surface area contributed by atoms with Gasteiger partial charge in [-0.3, -0.25) is 24.3 Å². The van der Waals surface area contributed by atoms with Crippen LogP contribution in [0.2, 0.25) is 0 Å². The summed E-state index contributed by atoms with van der Waals surface area (Å²) in [6.07, 6.45) is 4.23. The van der Waals surface area contributed by atoms with Crippen LogP contribution in [-0.2, 0) is 20.8 Å². The predicted octanol–water partition coefficient (Wildman–Crippen LogP) is 8.10. The summed E-state index contributed by atoms with van der Waals surface area (Å²) in [6, 6.07) is 19.2. The van der Waals surface area contributed by atoms with Crippen LogP contribution < -0.4 is 5.32 Å². The summed E-state index contributed by atoms with van der Waals surface area (Å²) in [5, 5.41) is 32.6. The zero-order chi connectivity index (χ0) is 39.7. The summed E-state index contributed by atoms with van der Waals surface area (Å²) in [4.78, 5) is 55.9. The van der Waals surface area contributed by atoms with Gasteiger partial charge in [-0.15, -0.1) is 16.8 Å². The molecule has 2 aromatic carbocycles. The number of nitrogens with one attached hydrogen (secondary N) is 1. The number of imide groups is 1. The minimum absolute atomic E-state index is 0.0120. The number of aryl methyl sites for hydroxylation is 1. The molecule has 0 aliphatic carbocycles. The van der Waals surface area contributed by atoms with Crippen LogP contribution in [-0.4, -0.2) is 58.7 Å². The summed E-state index contributed by atoms with van der Waals surface area (Å²) in [5.41, 5.74) is 4.85. The summed E-state index contributed by atoms with van der Waals surface area (Å²) in [7, 11) is 0. The number of nitrogens with zero attached hydrogens (tertiary/aromatic N) is 8. The number of fused-ring (bicyclic) bond motifs is 2. The first-order valence-electron chi connectivity index (χ1n) is 18.4. The molecule has 2 unspecified atom stereocenters. The molecule has 284 valence electrons. The van der Waals surface area contributed by atoms with E-state index in [0.717, 1.165) is 38.1 Å². The van der Waals surface area contributed by atoms with Crippen molar-refractivity contribution in [1.29, 1.82) is 0 Å². The maximum absolute atomic E-state index is 13.0. The van der Waals surface area contributed by atoms with E-state index in [1.807, 2.05) is 54.6 Å². The number of hydrogen-bond donors (Lipinski definition) is 3. The van der Waals surface area contributed by atoms with Crippen molar-refractivity contribution in [3.63, 3.8) is 0 Å². The molecule has 4 atom stereocenters. The Morgan fingerprint density at radius 1 is 1.04 bits per heavy atom. The van der Waals surface area contributed by atoms with Gasteiger partial charge in [0.2, 0.25) is 23.6 Å². The summed E-state index contributed by atoms with van der Waals surface area (Å²) < 4.78 is 3.22. The molecular formula is C42H41N9O5. The van der Waals surface area contributed by atoms with E-state index in [1.54, 1.807) is 24.4 Å². The van der Waals surface area contributed by atoms with Gasteiger partial charge in [-0.05, 0) is 86.3 Å². The van der Waals surface area contributed by atoms with Gasteiger partial charge in [0.1, 0.15) is 17.4 Å². The Kier molecular flexibility index (Phi) is 10.4. The minimum Gasteiger partial charge on any atom is -0.494 e. The summed E-state index contributed by atoms with van der Waals surface area (Å²) in [5.74, 6) is -0.695. The Morgan fingerprint density at radius 3 is 2.61 bits per heavy atom. The number of amides is 3. The lowest BCUT2D eigenvalue weighted by molar-refractivity contribution is -0.136. The molecule has 7 rings (SSSR count). The number of piperidine rings is 1. The number of carbonyl (C=O) groups excluding carboxylic acids is 3. The second kappa shape index (κ2) is 15.5. The van der Waals surface area contributed by atoms with Crippen molar-refractivity contribution >= 4 is 57.9 Å². The molecule has 14 heteroatoms. The average Bonchev–Trinajstić information content (AvgIpc) is 3.72. The van der Waals surface area contributed by atoms with Gasteiger partial charge in [0.25, 0.3) is 5.91 Å². The van der Waals surface area contributed by atoms with Gasteiger partial charge in [-0.2, -0.15) is 0 Å². The first kappa shape index (κ1) is 37.5. The van der Waals surface area contributed by atoms with Crippen molar-refractivity contribution in [3.05, 3.63) is 91.1 Å². The number of aliphatic imine (C=N–C) groups is 1. The molecule has 1 aliphatic rings. The molecule has 1 fully saturated rings. The second-order valence-electron chi connectivity index (χ2n) is 14.0. The van der Waals surface area contributed by atoms with E-state index in [2.05, 4.69) is 64.2 Å². The van der Waals surface area contributed by atoms with Crippen LogP contribution in [0, 0.1) is 11.8 Å². The molecule has 1 saturated heterocycles. The van der Waals surface area contributed by atoms with Crippen LogP contribution in [0.4, 0.5) is 11.5 Å². The van der Waals surface area contributed by atoms with Crippen LogP contribution in [0.3, 0.4) is 0 Å². The van der Waals surface area contributed by atoms with Crippen molar-refractivity contribution in [2.75, 3.05) is 0 Å². The number of allylic oxidation sites excluding steroid dienone is 1. The van der Waals surface area contributed by atoms with E-state index in [0.29, 0.717) is 18.1 Å². The average molecular weight is 752 g/mol. The quantitative estimate of drug-likeness (QED) is 0.0484. The lowest BCUT2D eigenvalue weighted by Crippen LogP contribution is -2.41. The molecule has 0 radical (unpaired) electrons. The Bertz CT molecular complexity index is 2570. The molecule has 3 amide bonds. The van der Waals surface area contributed by atoms with Crippen molar-refractivity contribution in [1.82, 2.24) is 29.4 Å². The van der Waals surface area contributed by atoms with Crippen molar-refractivity contribution in [2.24, 2.45) is 27.1 Å². The van der Waals surface area contributed by atoms with Crippen molar-refractivity contribution < 1.29 is 24.6 Å². The molecule has 14 nitrogen and oxygen atoms in total. The Labute approximate surface area is 322 Å². The topological polar surface area (TPSA) is 189 Å². The van der Waals surface area contributed by atoms with E-state index in [9.17, 15) is 24.6 Å². The fourth-order valence-corrected chi connectivity index (χ4v) is 7.21. The van der Waals surface area contributed by atoms with Crippen LogP contribution in [0.1, 0.15) is 57.7 Å². The van der Waals surface area contributed by atoms with Gasteiger partial charge in [-0.25, -0.2) is 19.9 Å². The number of pyridine rings is 2. The molecule has 1 aliphatic heterocycles. The number of rotatable bonds is 12.